The van der Waals surface area contributed by atoms with Crippen molar-refractivity contribution in [1.82, 2.24) is 19.6 Å². The van der Waals surface area contributed by atoms with Gasteiger partial charge in [0.15, 0.2) is 0 Å². The number of likely N-dealkylation sites (N-methyl/N-ethyl adjacent to an activating group) is 1. The van der Waals surface area contributed by atoms with Gasteiger partial charge >= 0.3 is 0 Å². The van der Waals surface area contributed by atoms with Gasteiger partial charge in [-0.25, -0.2) is 0 Å². The summed E-state index contributed by atoms with van der Waals surface area (Å²) in [6, 6.07) is 8.90. The average molecular weight is 354 g/mol. The molecule has 1 aliphatic carbocycles. The van der Waals surface area contributed by atoms with Crippen LogP contribution in [0.3, 0.4) is 0 Å². The van der Waals surface area contributed by atoms with Crippen LogP contribution in [0.5, 0.6) is 0 Å². The van der Waals surface area contributed by atoms with Crippen LogP contribution in [0.2, 0.25) is 0 Å². The van der Waals surface area contributed by atoms with Crippen molar-refractivity contribution in [2.45, 2.75) is 37.5 Å². The average Bonchev–Trinajstić information content (AvgIpc) is 3.19. The van der Waals surface area contributed by atoms with Crippen LogP contribution in [0, 0.1) is 5.92 Å². The Kier molecular flexibility index (Phi) is 4.86. The van der Waals surface area contributed by atoms with Gasteiger partial charge in [0.05, 0.1) is 12.3 Å². The molecule has 0 bridgehead atoms. The number of aliphatic hydroxyl groups excluding tert-OH is 1. The van der Waals surface area contributed by atoms with Crippen LogP contribution in [0.25, 0.3) is 0 Å². The highest BCUT2D eigenvalue weighted by Gasteiger charge is 2.37. The zero-order chi connectivity index (χ0) is 18.3. The van der Waals surface area contributed by atoms with Crippen molar-refractivity contribution in [1.29, 1.82) is 0 Å². The number of hydrogen-bond donors (Lipinski definition) is 1. The summed E-state index contributed by atoms with van der Waals surface area (Å²) in [6.07, 6.45) is 7.19. The van der Waals surface area contributed by atoms with Crippen molar-refractivity contribution in [2.24, 2.45) is 13.0 Å². The van der Waals surface area contributed by atoms with Crippen molar-refractivity contribution >= 4 is 0 Å². The SMILES string of the molecule is CN(C[C@@H]1CCCN(C)[C@H]1c1cnn(C)c1)C1Cc2ccccc2C1O. The van der Waals surface area contributed by atoms with E-state index in [1.165, 1.54) is 24.0 Å². The lowest BCUT2D eigenvalue weighted by atomic mass is 9.85. The smallest absolute Gasteiger partial charge is 0.0950 e. The van der Waals surface area contributed by atoms with Gasteiger partial charge in [0.25, 0.3) is 0 Å². The minimum atomic E-state index is -0.380. The molecular weight excluding hydrogens is 324 g/mol. The second-order valence-electron chi connectivity index (χ2n) is 8.13. The number of piperidine rings is 1. The van der Waals surface area contributed by atoms with Crippen LogP contribution in [0.15, 0.2) is 36.7 Å². The fraction of sp³-hybridized carbons (Fsp3) is 0.571. The predicted molar refractivity (Wildman–Crippen MR) is 103 cm³/mol. The summed E-state index contributed by atoms with van der Waals surface area (Å²) in [5, 5.41) is 15.2. The molecule has 1 aromatic heterocycles. The summed E-state index contributed by atoms with van der Waals surface area (Å²) in [4.78, 5) is 4.86. The van der Waals surface area contributed by atoms with Gasteiger partial charge in [-0.1, -0.05) is 24.3 Å². The summed E-state index contributed by atoms with van der Waals surface area (Å²) >= 11 is 0. The van der Waals surface area contributed by atoms with Crippen LogP contribution in [-0.4, -0.2) is 57.9 Å². The summed E-state index contributed by atoms with van der Waals surface area (Å²) < 4.78 is 1.90. The third-order valence-corrected chi connectivity index (χ3v) is 6.33. The fourth-order valence-corrected chi connectivity index (χ4v) is 5.03. The standard InChI is InChI=1S/C21H30N4O/c1-23-10-6-8-16(20(23)17-12-22-25(3)14-17)13-24(2)19-11-15-7-4-5-9-18(15)21(19)26/h4-5,7,9,12,14,16,19-21,26H,6,8,10-11,13H2,1-3H3/t16-,19?,20+,21?/m0/s1. The van der Waals surface area contributed by atoms with Gasteiger partial charge in [0.1, 0.15) is 0 Å². The second kappa shape index (κ2) is 7.14. The van der Waals surface area contributed by atoms with Gasteiger partial charge in [0.2, 0.25) is 0 Å². The summed E-state index contributed by atoms with van der Waals surface area (Å²) in [6.45, 7) is 2.14. The molecule has 1 aromatic carbocycles. The highest BCUT2D eigenvalue weighted by molar-refractivity contribution is 5.35. The summed E-state index contributed by atoms with van der Waals surface area (Å²) in [5.41, 5.74) is 3.71. The maximum Gasteiger partial charge on any atom is 0.0950 e. The highest BCUT2D eigenvalue weighted by atomic mass is 16.3. The topological polar surface area (TPSA) is 44.5 Å². The normalized spacial score (nSPS) is 29.3. The molecule has 2 heterocycles. The van der Waals surface area contributed by atoms with E-state index >= 15 is 0 Å². The molecule has 1 saturated heterocycles. The Balaban J connectivity index is 1.50. The number of aliphatic hydroxyl groups is 1. The molecule has 5 heteroatoms. The van der Waals surface area contributed by atoms with Crippen molar-refractivity contribution in [2.75, 3.05) is 27.2 Å². The van der Waals surface area contributed by atoms with Crippen molar-refractivity contribution in [3.8, 4) is 0 Å². The number of rotatable bonds is 4. The van der Waals surface area contributed by atoms with Gasteiger partial charge in [-0.15, -0.1) is 0 Å². The quantitative estimate of drug-likeness (QED) is 0.916. The van der Waals surface area contributed by atoms with E-state index < -0.39 is 0 Å². The first-order valence-electron chi connectivity index (χ1n) is 9.69. The lowest BCUT2D eigenvalue weighted by Crippen LogP contribution is -2.44. The van der Waals surface area contributed by atoms with E-state index in [0.29, 0.717) is 12.0 Å². The molecule has 2 aliphatic rings. The predicted octanol–water partition coefficient (Wildman–Crippen LogP) is 2.39. The van der Waals surface area contributed by atoms with Crippen LogP contribution in [-0.2, 0) is 13.5 Å². The molecule has 0 radical (unpaired) electrons. The Morgan fingerprint density at radius 2 is 2.08 bits per heavy atom. The number of fused-ring (bicyclic) bond motifs is 1. The van der Waals surface area contributed by atoms with E-state index in [0.717, 1.165) is 25.1 Å². The van der Waals surface area contributed by atoms with Crippen LogP contribution in [0.1, 0.15) is 41.7 Å². The lowest BCUT2D eigenvalue weighted by Gasteiger charge is -2.41. The Morgan fingerprint density at radius 3 is 2.81 bits per heavy atom. The largest absolute Gasteiger partial charge is 0.387 e. The molecule has 26 heavy (non-hydrogen) atoms. The van der Waals surface area contributed by atoms with Gasteiger partial charge in [-0.2, -0.15) is 5.10 Å². The second-order valence-corrected chi connectivity index (χ2v) is 8.13. The van der Waals surface area contributed by atoms with Crippen LogP contribution < -0.4 is 0 Å². The molecule has 140 valence electrons. The van der Waals surface area contributed by atoms with E-state index in [1.807, 2.05) is 24.0 Å². The number of hydrogen-bond acceptors (Lipinski definition) is 4. The maximum atomic E-state index is 10.8. The Hall–Kier alpha value is -1.69. The molecular formula is C21H30N4O. The monoisotopic (exact) mass is 354 g/mol. The fourth-order valence-electron chi connectivity index (χ4n) is 5.03. The zero-order valence-electron chi connectivity index (χ0n) is 16.0. The third kappa shape index (κ3) is 3.20. The van der Waals surface area contributed by atoms with E-state index in [4.69, 9.17) is 0 Å². The van der Waals surface area contributed by atoms with Crippen molar-refractivity contribution < 1.29 is 5.11 Å². The van der Waals surface area contributed by atoms with Gasteiger partial charge in [-0.3, -0.25) is 14.5 Å². The first-order chi connectivity index (χ1) is 12.5. The van der Waals surface area contributed by atoms with E-state index in [9.17, 15) is 5.11 Å². The molecule has 4 rings (SSSR count). The highest BCUT2D eigenvalue weighted by Crippen LogP contribution is 2.38. The Morgan fingerprint density at radius 1 is 1.27 bits per heavy atom. The molecule has 0 amide bonds. The van der Waals surface area contributed by atoms with E-state index in [1.54, 1.807) is 0 Å². The van der Waals surface area contributed by atoms with Crippen molar-refractivity contribution in [3.05, 3.63) is 53.3 Å². The molecule has 2 aromatic rings. The number of aromatic nitrogens is 2. The van der Waals surface area contributed by atoms with Crippen LogP contribution in [0.4, 0.5) is 0 Å². The number of nitrogens with zero attached hydrogens (tertiary/aromatic N) is 4. The Labute approximate surface area is 156 Å². The van der Waals surface area contributed by atoms with Gasteiger partial charge in [-0.05, 0) is 56.9 Å². The lowest BCUT2D eigenvalue weighted by molar-refractivity contribution is 0.0390. The van der Waals surface area contributed by atoms with Gasteiger partial charge < -0.3 is 5.11 Å². The molecule has 1 fully saturated rings. The molecule has 5 nitrogen and oxygen atoms in total. The molecule has 0 saturated carbocycles. The number of likely N-dealkylation sites (tertiary alicyclic amines) is 1. The van der Waals surface area contributed by atoms with Crippen molar-refractivity contribution in [3.63, 3.8) is 0 Å². The minimum Gasteiger partial charge on any atom is -0.387 e. The number of benzene rings is 1. The van der Waals surface area contributed by atoms with Gasteiger partial charge in [0, 0.05) is 37.4 Å². The van der Waals surface area contributed by atoms with E-state index in [2.05, 4.69) is 53.4 Å². The summed E-state index contributed by atoms with van der Waals surface area (Å²) in [5.74, 6) is 0.555. The molecule has 1 aliphatic heterocycles. The maximum absolute atomic E-state index is 10.8. The molecule has 0 spiro atoms. The van der Waals surface area contributed by atoms with E-state index in [-0.39, 0.29) is 12.1 Å². The molecule has 1 N–H and O–H groups in total. The first-order valence-corrected chi connectivity index (χ1v) is 9.69. The third-order valence-electron chi connectivity index (χ3n) is 6.33. The Bertz CT molecular complexity index is 758. The zero-order valence-corrected chi connectivity index (χ0v) is 16.0. The number of aryl methyl sites for hydroxylation is 1. The minimum absolute atomic E-state index is 0.175. The van der Waals surface area contributed by atoms with Crippen LogP contribution >= 0.6 is 0 Å². The molecule has 4 atom stereocenters. The first kappa shape index (κ1) is 17.7. The molecule has 2 unspecified atom stereocenters. The summed E-state index contributed by atoms with van der Waals surface area (Å²) in [7, 11) is 6.39.